The van der Waals surface area contributed by atoms with Crippen LogP contribution in [0.15, 0.2) is 89.8 Å². The second-order valence-corrected chi connectivity index (χ2v) is 9.12. The highest BCUT2D eigenvalue weighted by molar-refractivity contribution is 8.00. The number of hydrogen-bond acceptors (Lipinski definition) is 2. The molecule has 0 bridgehead atoms. The highest BCUT2D eigenvalue weighted by atomic mass is 32.2. The van der Waals surface area contributed by atoms with Crippen LogP contribution in [0.4, 0.5) is 5.69 Å². The number of hydrogen-bond donors (Lipinski definition) is 1. The van der Waals surface area contributed by atoms with Crippen molar-refractivity contribution in [2.24, 2.45) is 0 Å². The molecule has 1 nitrogen and oxygen atoms in total. The van der Waals surface area contributed by atoms with Crippen molar-refractivity contribution in [2.45, 2.75) is 23.6 Å². The molecule has 1 N–H and O–H groups in total. The van der Waals surface area contributed by atoms with Gasteiger partial charge in [0.2, 0.25) is 0 Å². The molecule has 1 unspecified atom stereocenters. The summed E-state index contributed by atoms with van der Waals surface area (Å²) in [6, 6.07) is 31.3. The van der Waals surface area contributed by atoms with Gasteiger partial charge in [-0.05, 0) is 64.4 Å². The molecule has 2 heteroatoms. The van der Waals surface area contributed by atoms with E-state index in [0.29, 0.717) is 5.37 Å². The van der Waals surface area contributed by atoms with Crippen molar-refractivity contribution in [2.75, 3.05) is 5.32 Å². The van der Waals surface area contributed by atoms with Crippen molar-refractivity contribution in [1.29, 1.82) is 0 Å². The lowest BCUT2D eigenvalue weighted by molar-refractivity contribution is 1.12. The van der Waals surface area contributed by atoms with Gasteiger partial charge in [0.1, 0.15) is 5.37 Å². The first-order chi connectivity index (χ1) is 14.2. The van der Waals surface area contributed by atoms with Gasteiger partial charge in [-0.3, -0.25) is 0 Å². The van der Waals surface area contributed by atoms with Crippen LogP contribution in [-0.2, 0) is 6.42 Å². The van der Waals surface area contributed by atoms with E-state index in [1.807, 2.05) is 11.8 Å². The van der Waals surface area contributed by atoms with E-state index >= 15 is 0 Å². The molecule has 0 radical (unpaired) electrons. The predicted molar refractivity (Wildman–Crippen MR) is 124 cm³/mol. The summed E-state index contributed by atoms with van der Waals surface area (Å²) in [5.41, 5.74) is 12.2. The standard InChI is InChI=1S/C27H21NS/c1-17-6-8-18(9-7-17)19-10-12-23-21(14-19)16-22-15-20(11-13-24(22)23)27-28-25-4-2-3-5-26(25)29-27/h2-15,27-28H,16H2,1H3. The van der Waals surface area contributed by atoms with Gasteiger partial charge in [0.25, 0.3) is 0 Å². The second kappa shape index (κ2) is 6.53. The molecule has 0 amide bonds. The van der Waals surface area contributed by atoms with E-state index in [4.69, 9.17) is 0 Å². The maximum Gasteiger partial charge on any atom is 0.103 e. The van der Waals surface area contributed by atoms with Crippen molar-refractivity contribution in [3.63, 3.8) is 0 Å². The monoisotopic (exact) mass is 391 g/mol. The van der Waals surface area contributed by atoms with Gasteiger partial charge in [-0.1, -0.05) is 90.1 Å². The molecule has 1 aliphatic carbocycles. The maximum absolute atomic E-state index is 3.66. The number of anilines is 1. The fourth-order valence-electron chi connectivity index (χ4n) is 4.46. The van der Waals surface area contributed by atoms with E-state index in [9.17, 15) is 0 Å². The van der Waals surface area contributed by atoms with Crippen molar-refractivity contribution in [3.05, 3.63) is 107 Å². The van der Waals surface area contributed by atoms with Gasteiger partial charge in [-0.2, -0.15) is 0 Å². The zero-order valence-electron chi connectivity index (χ0n) is 16.3. The highest BCUT2D eigenvalue weighted by Gasteiger charge is 2.25. The molecular weight excluding hydrogens is 370 g/mol. The third-order valence-electron chi connectivity index (χ3n) is 6.01. The molecule has 4 aromatic carbocycles. The molecular formula is C27H21NS. The summed E-state index contributed by atoms with van der Waals surface area (Å²) in [7, 11) is 0. The lowest BCUT2D eigenvalue weighted by atomic mass is 9.98. The zero-order valence-corrected chi connectivity index (χ0v) is 17.1. The lowest BCUT2D eigenvalue weighted by Gasteiger charge is -2.12. The molecule has 1 aliphatic heterocycles. The number of rotatable bonds is 2. The molecule has 0 spiro atoms. The first-order valence-electron chi connectivity index (χ1n) is 10.1. The average molecular weight is 392 g/mol. The second-order valence-electron chi connectivity index (χ2n) is 7.97. The number of fused-ring (bicyclic) bond motifs is 4. The fourth-order valence-corrected chi connectivity index (χ4v) is 5.59. The molecule has 0 saturated carbocycles. The Hall–Kier alpha value is -2.97. The van der Waals surface area contributed by atoms with Gasteiger partial charge in [-0.25, -0.2) is 0 Å². The van der Waals surface area contributed by atoms with Crippen LogP contribution in [0.5, 0.6) is 0 Å². The van der Waals surface area contributed by atoms with E-state index in [2.05, 4.69) is 97.2 Å². The number of nitrogens with one attached hydrogen (secondary N) is 1. The Labute approximate surface area is 175 Å². The molecule has 4 aromatic rings. The van der Waals surface area contributed by atoms with Crippen LogP contribution in [0.2, 0.25) is 0 Å². The summed E-state index contributed by atoms with van der Waals surface area (Å²) >= 11 is 1.91. The van der Waals surface area contributed by atoms with Crippen LogP contribution in [0.25, 0.3) is 22.3 Å². The largest absolute Gasteiger partial charge is 0.368 e. The van der Waals surface area contributed by atoms with Gasteiger partial charge in [0.05, 0.1) is 0 Å². The van der Waals surface area contributed by atoms with Gasteiger partial charge in [0, 0.05) is 10.6 Å². The van der Waals surface area contributed by atoms with Crippen LogP contribution >= 0.6 is 11.8 Å². The predicted octanol–water partition coefficient (Wildman–Crippen LogP) is 7.45. The summed E-state index contributed by atoms with van der Waals surface area (Å²) in [5, 5.41) is 3.96. The van der Waals surface area contributed by atoms with Gasteiger partial charge >= 0.3 is 0 Å². The Morgan fingerprint density at radius 2 is 1.48 bits per heavy atom. The Bertz CT molecular complexity index is 1210. The van der Waals surface area contributed by atoms with Crippen LogP contribution in [-0.4, -0.2) is 0 Å². The quantitative estimate of drug-likeness (QED) is 0.335. The molecule has 1 atom stereocenters. The van der Waals surface area contributed by atoms with E-state index in [1.165, 1.54) is 55.1 Å². The third kappa shape index (κ3) is 2.87. The topological polar surface area (TPSA) is 12.0 Å². The zero-order chi connectivity index (χ0) is 19.4. The minimum atomic E-state index is 0.296. The SMILES string of the molecule is Cc1ccc(-c2ccc3c(c2)Cc2cc(C4Nc5ccccc5S4)ccc2-3)cc1. The smallest absolute Gasteiger partial charge is 0.103 e. The minimum Gasteiger partial charge on any atom is -0.368 e. The molecule has 29 heavy (non-hydrogen) atoms. The highest BCUT2D eigenvalue weighted by Crippen LogP contribution is 2.48. The summed E-state index contributed by atoms with van der Waals surface area (Å²) in [6.45, 7) is 2.14. The van der Waals surface area contributed by atoms with Crippen molar-refractivity contribution >= 4 is 17.4 Å². The number of benzene rings is 4. The normalized spacial score (nSPS) is 16.1. The van der Waals surface area contributed by atoms with E-state index in [0.717, 1.165) is 6.42 Å². The van der Waals surface area contributed by atoms with E-state index < -0.39 is 0 Å². The number of thioether (sulfide) groups is 1. The van der Waals surface area contributed by atoms with Gasteiger partial charge < -0.3 is 5.32 Å². The molecule has 140 valence electrons. The third-order valence-corrected chi connectivity index (χ3v) is 7.25. The van der Waals surface area contributed by atoms with Crippen molar-refractivity contribution in [1.82, 2.24) is 0 Å². The summed E-state index contributed by atoms with van der Waals surface area (Å²) in [5.74, 6) is 0. The average Bonchev–Trinajstić information content (AvgIpc) is 3.34. The molecule has 0 fully saturated rings. The first kappa shape index (κ1) is 16.9. The summed E-state index contributed by atoms with van der Waals surface area (Å²) in [4.78, 5) is 1.34. The number of para-hydroxylation sites is 1. The van der Waals surface area contributed by atoms with Crippen LogP contribution < -0.4 is 5.32 Å². The van der Waals surface area contributed by atoms with E-state index in [-0.39, 0.29) is 0 Å². The lowest BCUT2D eigenvalue weighted by Crippen LogP contribution is -2.01. The fraction of sp³-hybridized carbons (Fsp3) is 0.111. The Balaban J connectivity index is 1.31. The maximum atomic E-state index is 3.66. The molecule has 1 heterocycles. The van der Waals surface area contributed by atoms with Gasteiger partial charge in [0.15, 0.2) is 0 Å². The van der Waals surface area contributed by atoms with Crippen LogP contribution in [0, 0.1) is 6.92 Å². The minimum absolute atomic E-state index is 0.296. The van der Waals surface area contributed by atoms with Crippen LogP contribution in [0.1, 0.15) is 27.6 Å². The Morgan fingerprint density at radius 3 is 2.31 bits per heavy atom. The Morgan fingerprint density at radius 1 is 0.759 bits per heavy atom. The van der Waals surface area contributed by atoms with Crippen molar-refractivity contribution in [3.8, 4) is 22.3 Å². The first-order valence-corrected chi connectivity index (χ1v) is 11.0. The Kier molecular flexibility index (Phi) is 3.82. The molecule has 0 aromatic heterocycles. The molecule has 2 aliphatic rings. The molecule has 0 saturated heterocycles. The number of aryl methyl sites for hydroxylation is 1. The summed E-state index contributed by atoms with van der Waals surface area (Å²) in [6.07, 6.45) is 1.02. The van der Waals surface area contributed by atoms with Crippen molar-refractivity contribution < 1.29 is 0 Å². The van der Waals surface area contributed by atoms with Crippen LogP contribution in [0.3, 0.4) is 0 Å². The summed E-state index contributed by atoms with van der Waals surface area (Å²) < 4.78 is 0. The van der Waals surface area contributed by atoms with Gasteiger partial charge in [-0.15, -0.1) is 0 Å². The molecule has 6 rings (SSSR count). The van der Waals surface area contributed by atoms with E-state index in [1.54, 1.807) is 0 Å².